The van der Waals surface area contributed by atoms with Gasteiger partial charge in [-0.05, 0) is 53.1 Å². The van der Waals surface area contributed by atoms with Crippen molar-refractivity contribution < 1.29 is 4.79 Å². The van der Waals surface area contributed by atoms with Crippen molar-refractivity contribution in [1.82, 2.24) is 14.8 Å². The van der Waals surface area contributed by atoms with Crippen molar-refractivity contribution in [2.45, 2.75) is 6.04 Å². The molecule has 0 saturated carbocycles. The Kier molecular flexibility index (Phi) is 6.16. The number of amides is 1. The van der Waals surface area contributed by atoms with Gasteiger partial charge in [-0.1, -0.05) is 77.8 Å². The number of carbonyl (C=O) groups excluding carboxylic acids is 1. The summed E-state index contributed by atoms with van der Waals surface area (Å²) >= 11 is 12.0. The van der Waals surface area contributed by atoms with Crippen LogP contribution in [0.5, 0.6) is 0 Å². The molecule has 0 fully saturated rings. The number of hydrogen-bond donors (Lipinski definition) is 2. The summed E-state index contributed by atoms with van der Waals surface area (Å²) in [6.07, 6.45) is 5.21. The second-order valence-electron chi connectivity index (χ2n) is 7.65. The zero-order valence-corrected chi connectivity index (χ0v) is 19.3. The molecule has 168 valence electrons. The number of hydrogen-bond acceptors (Lipinski definition) is 4. The van der Waals surface area contributed by atoms with Gasteiger partial charge in [-0.2, -0.15) is 4.98 Å². The number of allylic oxidation sites excluding steroid dienone is 1. The van der Waals surface area contributed by atoms with Crippen molar-refractivity contribution >= 4 is 52.8 Å². The standard InChI is InChI=1S/C26H19Cl2N5O/c27-20-11-6-17(7-12-20)8-15-24(34)30-25-31-26-29-22(18-9-13-21(28)14-10-18)16-23(33(26)32-25)19-4-2-1-3-5-19/h1-16,23H,(H2,29,30,31,32,34)/b15-8+/t23-/m1/s1. The van der Waals surface area contributed by atoms with Crippen molar-refractivity contribution in [2.24, 2.45) is 0 Å². The van der Waals surface area contributed by atoms with E-state index in [1.54, 1.807) is 22.9 Å². The van der Waals surface area contributed by atoms with Crippen LogP contribution in [0, 0.1) is 0 Å². The van der Waals surface area contributed by atoms with E-state index in [2.05, 4.69) is 26.8 Å². The molecule has 1 aromatic heterocycles. The third-order valence-electron chi connectivity index (χ3n) is 5.29. The predicted octanol–water partition coefficient (Wildman–Crippen LogP) is 6.29. The van der Waals surface area contributed by atoms with E-state index < -0.39 is 0 Å². The van der Waals surface area contributed by atoms with Gasteiger partial charge in [0.25, 0.3) is 11.9 Å². The third kappa shape index (κ3) is 4.88. The van der Waals surface area contributed by atoms with Crippen LogP contribution in [0.25, 0.3) is 11.8 Å². The third-order valence-corrected chi connectivity index (χ3v) is 5.80. The molecule has 0 unspecified atom stereocenters. The smallest absolute Gasteiger partial charge is 0.250 e. The quantitative estimate of drug-likeness (QED) is 0.324. The van der Waals surface area contributed by atoms with Crippen LogP contribution in [0.15, 0.2) is 91.0 Å². The normalized spacial score (nSPS) is 14.9. The minimum absolute atomic E-state index is 0.203. The maximum atomic E-state index is 12.5. The lowest BCUT2D eigenvalue weighted by molar-refractivity contribution is -0.111. The molecular formula is C26H19Cl2N5O. The molecule has 0 radical (unpaired) electrons. The average Bonchev–Trinajstić information content (AvgIpc) is 3.26. The molecule has 0 bridgehead atoms. The number of nitrogens with one attached hydrogen (secondary N) is 2. The average molecular weight is 488 g/mol. The summed E-state index contributed by atoms with van der Waals surface area (Å²) in [4.78, 5) is 17.0. The van der Waals surface area contributed by atoms with Gasteiger partial charge in [-0.3, -0.25) is 10.1 Å². The first-order chi connectivity index (χ1) is 16.5. The lowest BCUT2D eigenvalue weighted by Gasteiger charge is -2.24. The summed E-state index contributed by atoms with van der Waals surface area (Å²) in [7, 11) is 0. The Bertz CT molecular complexity index is 1380. The van der Waals surface area contributed by atoms with E-state index in [1.807, 2.05) is 66.7 Å². The molecule has 4 aromatic rings. The van der Waals surface area contributed by atoms with Gasteiger partial charge in [0.2, 0.25) is 5.95 Å². The Hall–Kier alpha value is -3.87. The van der Waals surface area contributed by atoms with Crippen LogP contribution in [0.2, 0.25) is 10.0 Å². The summed E-state index contributed by atoms with van der Waals surface area (Å²) in [5, 5.41) is 11.9. The van der Waals surface area contributed by atoms with Crippen LogP contribution in [0.3, 0.4) is 0 Å². The number of rotatable bonds is 5. The minimum Gasteiger partial charge on any atom is -0.324 e. The van der Waals surface area contributed by atoms with Crippen molar-refractivity contribution in [3.05, 3.63) is 118 Å². The van der Waals surface area contributed by atoms with Gasteiger partial charge in [-0.15, -0.1) is 5.10 Å². The molecule has 6 nitrogen and oxygen atoms in total. The van der Waals surface area contributed by atoms with E-state index in [1.165, 1.54) is 6.08 Å². The molecule has 8 heteroatoms. The highest BCUT2D eigenvalue weighted by Gasteiger charge is 2.25. The molecule has 5 rings (SSSR count). The second kappa shape index (κ2) is 9.55. The van der Waals surface area contributed by atoms with Crippen LogP contribution in [-0.2, 0) is 4.79 Å². The van der Waals surface area contributed by atoms with Crippen molar-refractivity contribution in [3.63, 3.8) is 0 Å². The molecule has 1 amide bonds. The van der Waals surface area contributed by atoms with Crippen molar-refractivity contribution in [2.75, 3.05) is 10.6 Å². The van der Waals surface area contributed by atoms with Crippen molar-refractivity contribution in [1.29, 1.82) is 0 Å². The van der Waals surface area contributed by atoms with Gasteiger partial charge >= 0.3 is 0 Å². The van der Waals surface area contributed by atoms with Crippen molar-refractivity contribution in [3.8, 4) is 0 Å². The van der Waals surface area contributed by atoms with E-state index in [-0.39, 0.29) is 17.9 Å². The van der Waals surface area contributed by atoms with Crippen LogP contribution < -0.4 is 10.6 Å². The maximum Gasteiger partial charge on any atom is 0.250 e. The fourth-order valence-electron chi connectivity index (χ4n) is 3.63. The summed E-state index contributed by atoms with van der Waals surface area (Å²) < 4.78 is 1.76. The first-order valence-electron chi connectivity index (χ1n) is 10.6. The largest absolute Gasteiger partial charge is 0.324 e. The molecule has 3 aromatic carbocycles. The Morgan fingerprint density at radius 2 is 1.62 bits per heavy atom. The number of aromatic nitrogens is 3. The maximum absolute atomic E-state index is 12.5. The SMILES string of the molecule is O=C(/C=C/c1ccc(Cl)cc1)Nc1nc2n(n1)[C@@H](c1ccccc1)C=C(c1ccc(Cl)cc1)N2. The van der Waals surface area contributed by atoms with E-state index in [0.717, 1.165) is 22.4 Å². The van der Waals surface area contributed by atoms with Gasteiger partial charge in [0, 0.05) is 21.8 Å². The van der Waals surface area contributed by atoms with Crippen LogP contribution >= 0.6 is 23.2 Å². The summed E-state index contributed by atoms with van der Waals surface area (Å²) in [6, 6.07) is 24.6. The number of fused-ring (bicyclic) bond motifs is 1. The predicted molar refractivity (Wildman–Crippen MR) is 137 cm³/mol. The minimum atomic E-state index is -0.333. The van der Waals surface area contributed by atoms with Gasteiger partial charge in [-0.25, -0.2) is 4.68 Å². The molecular weight excluding hydrogens is 469 g/mol. The summed E-state index contributed by atoms with van der Waals surface area (Å²) in [5.41, 5.74) is 3.75. The molecule has 0 saturated heterocycles. The lowest BCUT2D eigenvalue weighted by atomic mass is 10.0. The van der Waals surface area contributed by atoms with Gasteiger partial charge in [0.1, 0.15) is 6.04 Å². The monoisotopic (exact) mass is 487 g/mol. The highest BCUT2D eigenvalue weighted by atomic mass is 35.5. The number of benzene rings is 3. The van der Waals surface area contributed by atoms with Gasteiger partial charge in [0.05, 0.1) is 0 Å². The molecule has 0 spiro atoms. The summed E-state index contributed by atoms with van der Waals surface area (Å²) in [6.45, 7) is 0. The zero-order chi connectivity index (χ0) is 23.5. The van der Waals surface area contributed by atoms with Crippen LogP contribution in [-0.4, -0.2) is 20.7 Å². The van der Waals surface area contributed by atoms with Gasteiger partial charge in [0.15, 0.2) is 0 Å². The fourth-order valence-corrected chi connectivity index (χ4v) is 3.88. The highest BCUT2D eigenvalue weighted by molar-refractivity contribution is 6.30. The molecule has 2 N–H and O–H groups in total. The number of halogens is 2. The molecule has 1 aliphatic heterocycles. The zero-order valence-electron chi connectivity index (χ0n) is 17.8. The van der Waals surface area contributed by atoms with E-state index in [4.69, 9.17) is 23.2 Å². The number of carbonyl (C=O) groups is 1. The highest BCUT2D eigenvalue weighted by Crippen LogP contribution is 2.33. The molecule has 2 heterocycles. The number of anilines is 2. The topological polar surface area (TPSA) is 71.8 Å². The first-order valence-corrected chi connectivity index (χ1v) is 11.3. The van der Waals surface area contributed by atoms with Crippen LogP contribution in [0.1, 0.15) is 22.7 Å². The Labute approximate surface area is 206 Å². The Balaban J connectivity index is 1.41. The molecule has 1 atom stereocenters. The molecule has 0 aliphatic carbocycles. The number of nitrogens with zero attached hydrogens (tertiary/aromatic N) is 3. The van der Waals surface area contributed by atoms with Crippen LogP contribution in [0.4, 0.5) is 11.9 Å². The lowest BCUT2D eigenvalue weighted by Crippen LogP contribution is -2.20. The van der Waals surface area contributed by atoms with E-state index in [9.17, 15) is 4.79 Å². The molecule has 34 heavy (non-hydrogen) atoms. The first kappa shape index (κ1) is 21.9. The Morgan fingerprint density at radius 1 is 0.941 bits per heavy atom. The van der Waals surface area contributed by atoms with E-state index >= 15 is 0 Å². The fraction of sp³-hybridized carbons (Fsp3) is 0.0385. The Morgan fingerprint density at radius 3 is 2.32 bits per heavy atom. The molecule has 1 aliphatic rings. The summed E-state index contributed by atoms with van der Waals surface area (Å²) in [5.74, 6) is 0.401. The van der Waals surface area contributed by atoms with Gasteiger partial charge < -0.3 is 5.32 Å². The second-order valence-corrected chi connectivity index (χ2v) is 8.52. The van der Waals surface area contributed by atoms with E-state index in [0.29, 0.717) is 16.0 Å².